The third-order valence-corrected chi connectivity index (χ3v) is 5.70. The van der Waals surface area contributed by atoms with Crippen molar-refractivity contribution >= 4 is 10.0 Å². The lowest BCUT2D eigenvalue weighted by Crippen LogP contribution is -2.28. The molecule has 0 heterocycles. The van der Waals surface area contributed by atoms with E-state index in [-0.39, 0.29) is 6.61 Å². The van der Waals surface area contributed by atoms with Gasteiger partial charge in [0.05, 0.1) is 4.90 Å². The van der Waals surface area contributed by atoms with Crippen LogP contribution in [0.4, 0.5) is 0 Å². The SMILES string of the molecule is Cc1ccc(-c2ccc(S(=O)(=O)N(C)CCCCO)cc2)cc1. The van der Waals surface area contributed by atoms with Gasteiger partial charge in [-0.15, -0.1) is 0 Å². The Kier molecular flexibility index (Phi) is 5.93. The van der Waals surface area contributed by atoms with Crippen LogP contribution in [0.1, 0.15) is 18.4 Å². The van der Waals surface area contributed by atoms with Gasteiger partial charge >= 0.3 is 0 Å². The standard InChI is InChI=1S/C18H23NO3S/c1-15-5-7-16(8-6-15)17-9-11-18(12-10-17)23(21,22)19(2)13-3-4-14-20/h5-12,20H,3-4,13-14H2,1-2H3. The molecule has 5 heteroatoms. The smallest absolute Gasteiger partial charge is 0.242 e. The molecule has 0 saturated heterocycles. The Morgan fingerprint density at radius 3 is 1.96 bits per heavy atom. The highest BCUT2D eigenvalue weighted by Crippen LogP contribution is 2.23. The van der Waals surface area contributed by atoms with Crippen molar-refractivity contribution in [2.24, 2.45) is 0 Å². The zero-order valence-electron chi connectivity index (χ0n) is 13.6. The molecule has 0 aromatic heterocycles. The van der Waals surface area contributed by atoms with Crippen LogP contribution >= 0.6 is 0 Å². The summed E-state index contributed by atoms with van der Waals surface area (Å²) < 4.78 is 26.3. The minimum atomic E-state index is -3.47. The number of hydrogen-bond donors (Lipinski definition) is 1. The van der Waals surface area contributed by atoms with Crippen molar-refractivity contribution in [1.29, 1.82) is 0 Å². The predicted molar refractivity (Wildman–Crippen MR) is 92.8 cm³/mol. The summed E-state index contributed by atoms with van der Waals surface area (Å²) in [6.07, 6.45) is 1.25. The highest BCUT2D eigenvalue weighted by atomic mass is 32.2. The van der Waals surface area contributed by atoms with Gasteiger partial charge in [0.1, 0.15) is 0 Å². The Balaban J connectivity index is 2.16. The lowest BCUT2D eigenvalue weighted by atomic mass is 10.0. The molecule has 0 aliphatic rings. The summed E-state index contributed by atoms with van der Waals surface area (Å²) in [6, 6.07) is 15.1. The quantitative estimate of drug-likeness (QED) is 0.792. The van der Waals surface area contributed by atoms with Gasteiger partial charge in [0.2, 0.25) is 10.0 Å². The minimum absolute atomic E-state index is 0.0825. The number of hydrogen-bond acceptors (Lipinski definition) is 3. The second-order valence-electron chi connectivity index (χ2n) is 5.65. The van der Waals surface area contributed by atoms with Crippen molar-refractivity contribution in [3.05, 3.63) is 54.1 Å². The second-order valence-corrected chi connectivity index (χ2v) is 7.69. The molecule has 0 amide bonds. The normalized spacial score (nSPS) is 11.8. The molecular weight excluding hydrogens is 310 g/mol. The number of aliphatic hydroxyl groups is 1. The first kappa shape index (κ1) is 17.7. The Hall–Kier alpha value is -1.69. The number of nitrogens with zero attached hydrogens (tertiary/aromatic N) is 1. The van der Waals surface area contributed by atoms with E-state index in [1.54, 1.807) is 19.2 Å². The molecule has 0 aliphatic heterocycles. The van der Waals surface area contributed by atoms with Gasteiger partial charge in [-0.1, -0.05) is 42.0 Å². The van der Waals surface area contributed by atoms with Crippen molar-refractivity contribution in [2.75, 3.05) is 20.2 Å². The van der Waals surface area contributed by atoms with Crippen LogP contribution in [0.2, 0.25) is 0 Å². The van der Waals surface area contributed by atoms with Crippen molar-refractivity contribution in [2.45, 2.75) is 24.7 Å². The molecule has 0 atom stereocenters. The molecule has 0 spiro atoms. The summed E-state index contributed by atoms with van der Waals surface area (Å²) in [5.41, 5.74) is 3.25. The van der Waals surface area contributed by atoms with Gasteiger partial charge in [0.15, 0.2) is 0 Å². The van der Waals surface area contributed by atoms with Crippen molar-refractivity contribution in [3.63, 3.8) is 0 Å². The second kappa shape index (κ2) is 7.73. The molecule has 124 valence electrons. The van der Waals surface area contributed by atoms with E-state index in [1.807, 2.05) is 43.3 Å². The van der Waals surface area contributed by atoms with Gasteiger partial charge in [-0.3, -0.25) is 0 Å². The largest absolute Gasteiger partial charge is 0.396 e. The molecule has 4 nitrogen and oxygen atoms in total. The van der Waals surface area contributed by atoms with E-state index in [0.29, 0.717) is 24.3 Å². The fourth-order valence-corrected chi connectivity index (χ4v) is 3.52. The van der Waals surface area contributed by atoms with Crippen LogP contribution in [0.3, 0.4) is 0 Å². The van der Waals surface area contributed by atoms with E-state index in [2.05, 4.69) is 0 Å². The van der Waals surface area contributed by atoms with Gasteiger partial charge in [-0.2, -0.15) is 0 Å². The van der Waals surface area contributed by atoms with Gasteiger partial charge < -0.3 is 5.11 Å². The third kappa shape index (κ3) is 4.41. The molecule has 2 rings (SSSR count). The zero-order valence-corrected chi connectivity index (χ0v) is 14.4. The molecular formula is C18H23NO3S. The number of benzene rings is 2. The van der Waals surface area contributed by atoms with E-state index < -0.39 is 10.0 Å². The first-order chi connectivity index (χ1) is 10.9. The highest BCUT2D eigenvalue weighted by molar-refractivity contribution is 7.89. The van der Waals surface area contributed by atoms with Crippen LogP contribution in [0.15, 0.2) is 53.4 Å². The van der Waals surface area contributed by atoms with Crippen LogP contribution in [0, 0.1) is 6.92 Å². The van der Waals surface area contributed by atoms with Crippen molar-refractivity contribution in [3.8, 4) is 11.1 Å². The zero-order chi connectivity index (χ0) is 16.9. The summed E-state index contributed by atoms with van der Waals surface area (Å²) in [5, 5.41) is 8.79. The number of sulfonamides is 1. The third-order valence-electron chi connectivity index (χ3n) is 3.83. The maximum Gasteiger partial charge on any atom is 0.242 e. The first-order valence-corrected chi connectivity index (χ1v) is 9.13. The summed E-state index contributed by atoms with van der Waals surface area (Å²) in [5.74, 6) is 0. The maximum atomic E-state index is 12.5. The van der Waals surface area contributed by atoms with Crippen molar-refractivity contribution in [1.82, 2.24) is 4.31 Å². The van der Waals surface area contributed by atoms with Crippen LogP contribution < -0.4 is 0 Å². The molecule has 1 N–H and O–H groups in total. The summed E-state index contributed by atoms with van der Waals surface area (Å²) in [4.78, 5) is 0.292. The highest BCUT2D eigenvalue weighted by Gasteiger charge is 2.20. The molecule has 0 saturated carbocycles. The molecule has 0 aliphatic carbocycles. The molecule has 0 fully saturated rings. The Bertz CT molecular complexity index is 722. The molecule has 23 heavy (non-hydrogen) atoms. The van der Waals surface area contributed by atoms with Crippen LogP contribution in [0.5, 0.6) is 0 Å². The molecule has 0 unspecified atom stereocenters. The molecule has 2 aromatic rings. The number of unbranched alkanes of at least 4 members (excludes halogenated alkanes) is 1. The van der Waals surface area contributed by atoms with Crippen LogP contribution in [-0.2, 0) is 10.0 Å². The fourth-order valence-electron chi connectivity index (χ4n) is 2.31. The predicted octanol–water partition coefficient (Wildman–Crippen LogP) is 3.06. The van der Waals surface area contributed by atoms with Gasteiger partial charge in [0, 0.05) is 20.2 Å². The number of aryl methyl sites for hydroxylation is 1. The topological polar surface area (TPSA) is 57.6 Å². The summed E-state index contributed by atoms with van der Waals surface area (Å²) in [6.45, 7) is 2.52. The average Bonchev–Trinajstić information content (AvgIpc) is 2.56. The fraction of sp³-hybridized carbons (Fsp3) is 0.333. The summed E-state index contributed by atoms with van der Waals surface area (Å²) >= 11 is 0. The average molecular weight is 333 g/mol. The lowest BCUT2D eigenvalue weighted by molar-refractivity contribution is 0.279. The van der Waals surface area contributed by atoms with E-state index in [4.69, 9.17) is 5.11 Å². The lowest BCUT2D eigenvalue weighted by Gasteiger charge is -2.17. The van der Waals surface area contributed by atoms with E-state index in [9.17, 15) is 8.42 Å². The number of aliphatic hydroxyl groups excluding tert-OH is 1. The summed E-state index contributed by atoms with van der Waals surface area (Å²) in [7, 11) is -1.90. The van der Waals surface area contributed by atoms with Crippen LogP contribution in [-0.4, -0.2) is 38.0 Å². The minimum Gasteiger partial charge on any atom is -0.396 e. The van der Waals surface area contributed by atoms with Gasteiger partial charge in [-0.05, 0) is 43.0 Å². The number of rotatable bonds is 7. The Labute approximate surface area is 138 Å². The van der Waals surface area contributed by atoms with Gasteiger partial charge in [0.25, 0.3) is 0 Å². The van der Waals surface area contributed by atoms with Gasteiger partial charge in [-0.25, -0.2) is 12.7 Å². The monoisotopic (exact) mass is 333 g/mol. The van der Waals surface area contributed by atoms with Crippen molar-refractivity contribution < 1.29 is 13.5 Å². The molecule has 2 aromatic carbocycles. The van der Waals surface area contributed by atoms with E-state index in [1.165, 1.54) is 9.87 Å². The molecule has 0 bridgehead atoms. The van der Waals surface area contributed by atoms with E-state index in [0.717, 1.165) is 11.1 Å². The van der Waals surface area contributed by atoms with Crippen LogP contribution in [0.25, 0.3) is 11.1 Å². The Morgan fingerprint density at radius 2 is 1.43 bits per heavy atom. The Morgan fingerprint density at radius 1 is 0.913 bits per heavy atom. The maximum absolute atomic E-state index is 12.5. The molecule has 0 radical (unpaired) electrons. The van der Waals surface area contributed by atoms with E-state index >= 15 is 0 Å². The first-order valence-electron chi connectivity index (χ1n) is 7.69.